The number of hydrogen-bond donors (Lipinski definition) is 2. The molecule has 5 heteroatoms. The van der Waals surface area contributed by atoms with Crippen LogP contribution in [0.25, 0.3) is 0 Å². The van der Waals surface area contributed by atoms with E-state index in [4.69, 9.17) is 16.2 Å². The molecule has 1 atom stereocenters. The van der Waals surface area contributed by atoms with Gasteiger partial charge in [-0.1, -0.05) is 64.2 Å². The van der Waals surface area contributed by atoms with Crippen LogP contribution in [0, 0.1) is 17.8 Å². The Bertz CT molecular complexity index is 343. The Morgan fingerprint density at radius 2 is 1.24 bits per heavy atom. The smallest absolute Gasteiger partial charge is 0.405 e. The van der Waals surface area contributed by atoms with Gasteiger partial charge in [0.05, 0.1) is 0 Å². The molecule has 5 nitrogen and oxygen atoms in total. The van der Waals surface area contributed by atoms with Crippen LogP contribution >= 0.6 is 0 Å². The van der Waals surface area contributed by atoms with Gasteiger partial charge in [0.15, 0.2) is 6.10 Å². The van der Waals surface area contributed by atoms with Crippen molar-refractivity contribution in [3.63, 3.8) is 0 Å². The lowest BCUT2D eigenvalue weighted by molar-refractivity contribution is -0.132. The summed E-state index contributed by atoms with van der Waals surface area (Å²) in [6.07, 6.45) is 9.94. The van der Waals surface area contributed by atoms with Gasteiger partial charge in [-0.05, 0) is 11.8 Å². The third-order valence-corrected chi connectivity index (χ3v) is 5.26. The van der Waals surface area contributed by atoms with Crippen molar-refractivity contribution in [2.24, 2.45) is 29.2 Å². The Morgan fingerprint density at radius 3 is 1.57 bits per heavy atom. The van der Waals surface area contributed by atoms with E-state index in [-0.39, 0.29) is 5.92 Å². The molecule has 0 aromatic carbocycles. The van der Waals surface area contributed by atoms with E-state index in [0.717, 1.165) is 25.7 Å². The van der Waals surface area contributed by atoms with Crippen LogP contribution in [0.15, 0.2) is 0 Å². The number of primary amides is 2. The van der Waals surface area contributed by atoms with E-state index >= 15 is 0 Å². The maximum absolute atomic E-state index is 11.9. The number of hydrogen-bond acceptors (Lipinski definition) is 3. The normalized spacial score (nSPS) is 22.9. The average molecular weight is 296 g/mol. The summed E-state index contributed by atoms with van der Waals surface area (Å²) in [5.74, 6) is 0.364. The van der Waals surface area contributed by atoms with E-state index in [1.165, 1.54) is 38.5 Å². The van der Waals surface area contributed by atoms with Crippen molar-refractivity contribution in [2.45, 2.75) is 70.3 Å². The molecular formula is C16H28N2O3. The number of carbonyl (C=O) groups is 2. The van der Waals surface area contributed by atoms with Gasteiger partial charge < -0.3 is 16.2 Å². The van der Waals surface area contributed by atoms with E-state index in [1.54, 1.807) is 0 Å². The minimum Gasteiger partial charge on any atom is -0.436 e. The first kappa shape index (κ1) is 16.1. The Kier molecular flexibility index (Phi) is 5.88. The molecule has 2 rings (SSSR count). The largest absolute Gasteiger partial charge is 0.436 e. The second kappa shape index (κ2) is 7.66. The molecule has 0 unspecified atom stereocenters. The summed E-state index contributed by atoms with van der Waals surface area (Å²) < 4.78 is 5.14. The molecule has 0 heterocycles. The highest BCUT2D eigenvalue weighted by atomic mass is 16.6. The molecule has 0 aliphatic heterocycles. The highest BCUT2D eigenvalue weighted by Crippen LogP contribution is 2.42. The molecule has 0 bridgehead atoms. The van der Waals surface area contributed by atoms with Crippen molar-refractivity contribution in [3.05, 3.63) is 0 Å². The number of amides is 2. The van der Waals surface area contributed by atoms with E-state index in [2.05, 4.69) is 0 Å². The Balaban J connectivity index is 2.18. The van der Waals surface area contributed by atoms with Crippen molar-refractivity contribution in [1.82, 2.24) is 0 Å². The Hall–Kier alpha value is -1.26. The molecule has 0 aromatic heterocycles. The molecular weight excluding hydrogens is 268 g/mol. The fourth-order valence-electron chi connectivity index (χ4n) is 4.37. The second-order valence-electron chi connectivity index (χ2n) is 6.63. The van der Waals surface area contributed by atoms with Crippen LogP contribution in [0.3, 0.4) is 0 Å². The lowest BCUT2D eigenvalue weighted by atomic mass is 9.67. The Labute approximate surface area is 126 Å². The second-order valence-corrected chi connectivity index (χ2v) is 6.63. The van der Waals surface area contributed by atoms with Gasteiger partial charge in [-0.2, -0.15) is 0 Å². The molecule has 2 amide bonds. The van der Waals surface area contributed by atoms with Crippen molar-refractivity contribution in [3.8, 4) is 0 Å². The van der Waals surface area contributed by atoms with E-state index in [1.807, 2.05) is 0 Å². The van der Waals surface area contributed by atoms with Crippen molar-refractivity contribution >= 4 is 12.0 Å². The molecule has 0 radical (unpaired) electrons. The van der Waals surface area contributed by atoms with Crippen LogP contribution in [-0.2, 0) is 9.53 Å². The third-order valence-electron chi connectivity index (χ3n) is 5.26. The summed E-state index contributed by atoms with van der Waals surface area (Å²) in [6, 6.07) is 0. The van der Waals surface area contributed by atoms with Gasteiger partial charge >= 0.3 is 6.09 Å². The summed E-state index contributed by atoms with van der Waals surface area (Å²) in [4.78, 5) is 23.0. The van der Waals surface area contributed by atoms with Gasteiger partial charge in [-0.25, -0.2) is 4.79 Å². The van der Waals surface area contributed by atoms with Gasteiger partial charge in [-0.15, -0.1) is 0 Å². The van der Waals surface area contributed by atoms with Crippen LogP contribution in [0.1, 0.15) is 64.2 Å². The quantitative estimate of drug-likeness (QED) is 0.816. The number of carbonyl (C=O) groups excluding carboxylic acids is 2. The monoisotopic (exact) mass is 296 g/mol. The summed E-state index contributed by atoms with van der Waals surface area (Å²) in [6.45, 7) is 0. The molecule has 120 valence electrons. The number of nitrogens with two attached hydrogens (primary N) is 2. The maximum Gasteiger partial charge on any atom is 0.405 e. The van der Waals surface area contributed by atoms with Crippen molar-refractivity contribution < 1.29 is 14.3 Å². The fraction of sp³-hybridized carbons (Fsp3) is 0.875. The van der Waals surface area contributed by atoms with Gasteiger partial charge in [0.25, 0.3) is 5.91 Å². The molecule has 0 saturated heterocycles. The van der Waals surface area contributed by atoms with Gasteiger partial charge in [0.2, 0.25) is 0 Å². The summed E-state index contributed by atoms with van der Waals surface area (Å²) in [7, 11) is 0. The molecule has 4 N–H and O–H groups in total. The zero-order chi connectivity index (χ0) is 15.2. The standard InChI is InChI=1S/C16H28N2O3/c17-15(19)14(21-16(18)20)13(11-7-3-1-4-8-11)12-9-5-2-6-10-12/h11-14H,1-10H2,(H2,17,19)(H2,18,20)/t14-/m0/s1. The maximum atomic E-state index is 11.9. The first-order chi connectivity index (χ1) is 10.1. The van der Waals surface area contributed by atoms with Gasteiger partial charge in [-0.3, -0.25) is 4.79 Å². The average Bonchev–Trinajstić information content (AvgIpc) is 2.48. The SMILES string of the molecule is NC(=O)O[C@H](C(N)=O)C(C1CCCCC1)C1CCCCC1. The highest BCUT2D eigenvalue weighted by Gasteiger charge is 2.41. The van der Waals surface area contributed by atoms with E-state index < -0.39 is 18.1 Å². The molecule has 0 aromatic rings. The minimum absolute atomic E-state index is 0.0515. The molecule has 2 fully saturated rings. The third kappa shape index (κ3) is 4.35. The van der Waals surface area contributed by atoms with Crippen LogP contribution in [0.4, 0.5) is 4.79 Å². The molecule has 2 saturated carbocycles. The summed E-state index contributed by atoms with van der Waals surface area (Å²) in [5.41, 5.74) is 10.7. The molecule has 21 heavy (non-hydrogen) atoms. The lowest BCUT2D eigenvalue weighted by Gasteiger charge is -2.40. The highest BCUT2D eigenvalue weighted by molar-refractivity contribution is 5.82. The first-order valence-electron chi connectivity index (χ1n) is 8.35. The van der Waals surface area contributed by atoms with E-state index in [9.17, 15) is 9.59 Å². The first-order valence-corrected chi connectivity index (χ1v) is 8.35. The Morgan fingerprint density at radius 1 is 0.810 bits per heavy atom. The molecule has 0 spiro atoms. The fourth-order valence-corrected chi connectivity index (χ4v) is 4.37. The lowest BCUT2D eigenvalue weighted by Crippen LogP contribution is -2.47. The number of rotatable bonds is 5. The van der Waals surface area contributed by atoms with Crippen molar-refractivity contribution in [2.75, 3.05) is 0 Å². The van der Waals surface area contributed by atoms with E-state index in [0.29, 0.717) is 11.8 Å². The summed E-state index contributed by atoms with van der Waals surface area (Å²) >= 11 is 0. The van der Waals surface area contributed by atoms with Crippen molar-refractivity contribution in [1.29, 1.82) is 0 Å². The predicted molar refractivity (Wildman–Crippen MR) is 80.3 cm³/mol. The van der Waals surface area contributed by atoms with Crippen LogP contribution in [0.2, 0.25) is 0 Å². The molecule has 2 aliphatic carbocycles. The predicted octanol–water partition coefficient (Wildman–Crippen LogP) is 2.71. The van der Waals surface area contributed by atoms with Crippen LogP contribution in [0.5, 0.6) is 0 Å². The summed E-state index contributed by atoms with van der Waals surface area (Å²) in [5, 5.41) is 0. The van der Waals surface area contributed by atoms with Crippen LogP contribution in [-0.4, -0.2) is 18.1 Å². The topological polar surface area (TPSA) is 95.4 Å². The minimum atomic E-state index is -0.893. The number of ether oxygens (including phenoxy) is 1. The van der Waals surface area contributed by atoms with Gasteiger partial charge in [0, 0.05) is 5.92 Å². The zero-order valence-electron chi connectivity index (χ0n) is 12.8. The molecule has 2 aliphatic rings. The van der Waals surface area contributed by atoms with Crippen LogP contribution < -0.4 is 11.5 Å². The van der Waals surface area contributed by atoms with Gasteiger partial charge in [0.1, 0.15) is 0 Å². The zero-order valence-corrected chi connectivity index (χ0v) is 12.8.